The van der Waals surface area contributed by atoms with Gasteiger partial charge in [0.05, 0.1) is 0 Å². The molecule has 0 heterocycles. The molecule has 0 radical (unpaired) electrons. The number of hydrogen-bond acceptors (Lipinski definition) is 4. The maximum atomic E-state index is 10.7. The summed E-state index contributed by atoms with van der Waals surface area (Å²) in [4.78, 5) is 10.7. The predicted octanol–water partition coefficient (Wildman–Crippen LogP) is -0.248. The summed E-state index contributed by atoms with van der Waals surface area (Å²) in [5.74, 6) is -0.250. The van der Waals surface area contributed by atoms with E-state index in [1.165, 1.54) is 6.92 Å². The molecule has 0 spiro atoms. The summed E-state index contributed by atoms with van der Waals surface area (Å²) in [6, 6.07) is 6.99. The first-order valence-electron chi connectivity index (χ1n) is 5.85. The molecule has 18 heavy (non-hydrogen) atoms. The summed E-state index contributed by atoms with van der Waals surface area (Å²) in [6.45, 7) is 1.44. The summed E-state index contributed by atoms with van der Waals surface area (Å²) in [7, 11) is 0. The van der Waals surface area contributed by atoms with Gasteiger partial charge < -0.3 is 20.6 Å². The molecule has 2 unspecified atom stereocenters. The Morgan fingerprint density at radius 2 is 1.89 bits per heavy atom. The average Bonchev–Trinajstić information content (AvgIpc) is 2.36. The molecule has 0 aliphatic rings. The quantitative estimate of drug-likeness (QED) is 0.563. The Hall–Kier alpha value is -1.43. The Labute approximate surface area is 106 Å². The number of nitrogens with one attached hydrogen (secondary N) is 1. The number of rotatable bonds is 6. The van der Waals surface area contributed by atoms with E-state index in [1.807, 2.05) is 0 Å². The van der Waals surface area contributed by atoms with Crippen LogP contribution in [0.2, 0.25) is 0 Å². The molecule has 0 fully saturated rings. The minimum absolute atomic E-state index is 0.00882. The summed E-state index contributed by atoms with van der Waals surface area (Å²) in [5, 5.41) is 30.8. The van der Waals surface area contributed by atoms with E-state index in [-0.39, 0.29) is 19.1 Å². The summed E-state index contributed by atoms with van der Waals surface area (Å²) < 4.78 is 0. The molecule has 5 nitrogen and oxygen atoms in total. The Bertz CT molecular complexity index is 377. The summed E-state index contributed by atoms with van der Waals surface area (Å²) in [6.07, 6.45) is -1.53. The number of aliphatic hydroxyl groups is 3. The van der Waals surface area contributed by atoms with Gasteiger partial charge in [0.1, 0.15) is 12.2 Å². The fraction of sp³-hybridized carbons (Fsp3) is 0.462. The van der Waals surface area contributed by atoms with Crippen LogP contribution in [0.4, 0.5) is 0 Å². The fourth-order valence-electron chi connectivity index (χ4n) is 1.59. The Morgan fingerprint density at radius 1 is 1.28 bits per heavy atom. The molecule has 0 saturated carbocycles. The third-order valence-corrected chi connectivity index (χ3v) is 2.65. The minimum atomic E-state index is -1.04. The van der Waals surface area contributed by atoms with Gasteiger partial charge in [0.25, 0.3) is 0 Å². The van der Waals surface area contributed by atoms with Crippen LogP contribution in [0.3, 0.4) is 0 Å². The topological polar surface area (TPSA) is 89.8 Å². The molecule has 1 amide bonds. The third kappa shape index (κ3) is 4.44. The van der Waals surface area contributed by atoms with Crippen molar-refractivity contribution in [3.05, 3.63) is 35.4 Å². The van der Waals surface area contributed by atoms with Crippen molar-refractivity contribution >= 4 is 5.91 Å². The molecule has 0 saturated heterocycles. The second kappa shape index (κ2) is 7.10. The third-order valence-electron chi connectivity index (χ3n) is 2.65. The smallest absolute Gasteiger partial charge is 0.216 e. The van der Waals surface area contributed by atoms with Gasteiger partial charge in [-0.25, -0.2) is 0 Å². The van der Waals surface area contributed by atoms with Crippen molar-refractivity contribution in [2.45, 2.75) is 25.6 Å². The minimum Gasteiger partial charge on any atom is -0.396 e. The highest BCUT2D eigenvalue weighted by Crippen LogP contribution is 2.17. The highest BCUT2D eigenvalue weighted by molar-refractivity contribution is 5.72. The lowest BCUT2D eigenvalue weighted by Crippen LogP contribution is -2.34. The monoisotopic (exact) mass is 253 g/mol. The maximum Gasteiger partial charge on any atom is 0.216 e. The van der Waals surface area contributed by atoms with E-state index in [1.54, 1.807) is 24.3 Å². The lowest BCUT2D eigenvalue weighted by atomic mass is 10.0. The largest absolute Gasteiger partial charge is 0.396 e. The van der Waals surface area contributed by atoms with E-state index >= 15 is 0 Å². The van der Waals surface area contributed by atoms with Crippen molar-refractivity contribution in [2.24, 2.45) is 0 Å². The van der Waals surface area contributed by atoms with Crippen LogP contribution in [0, 0.1) is 0 Å². The van der Waals surface area contributed by atoms with E-state index in [4.69, 9.17) is 5.11 Å². The molecule has 1 aromatic carbocycles. The van der Waals surface area contributed by atoms with Gasteiger partial charge >= 0.3 is 0 Å². The molecular weight excluding hydrogens is 234 g/mol. The van der Waals surface area contributed by atoms with Gasteiger partial charge in [-0.3, -0.25) is 4.79 Å². The fourth-order valence-corrected chi connectivity index (χ4v) is 1.59. The second-order valence-electron chi connectivity index (χ2n) is 4.16. The lowest BCUT2D eigenvalue weighted by Gasteiger charge is -2.18. The molecule has 0 bridgehead atoms. The first-order valence-corrected chi connectivity index (χ1v) is 5.85. The Morgan fingerprint density at radius 3 is 2.39 bits per heavy atom. The van der Waals surface area contributed by atoms with Gasteiger partial charge in [-0.15, -0.1) is 0 Å². The van der Waals surface area contributed by atoms with E-state index in [0.29, 0.717) is 12.0 Å². The maximum absolute atomic E-state index is 10.7. The molecule has 1 aromatic rings. The van der Waals surface area contributed by atoms with Crippen LogP contribution in [0.5, 0.6) is 0 Å². The first kappa shape index (κ1) is 14.6. The van der Waals surface area contributed by atoms with E-state index in [2.05, 4.69) is 5.32 Å². The molecule has 0 aliphatic heterocycles. The average molecular weight is 253 g/mol. The molecule has 0 aromatic heterocycles. The number of carbonyl (C=O) groups excluding carboxylic acids is 1. The SMILES string of the molecule is CC(=O)NCC(O)C(O)c1ccc(CCO)cc1. The van der Waals surface area contributed by atoms with Gasteiger partial charge in [-0.2, -0.15) is 0 Å². The van der Waals surface area contributed by atoms with E-state index < -0.39 is 12.2 Å². The summed E-state index contributed by atoms with van der Waals surface area (Å²) in [5.41, 5.74) is 1.54. The molecule has 0 aliphatic carbocycles. The van der Waals surface area contributed by atoms with Crippen LogP contribution in [0.1, 0.15) is 24.2 Å². The normalized spacial score (nSPS) is 14.0. The Balaban J connectivity index is 2.59. The van der Waals surface area contributed by atoms with Crippen LogP contribution in [-0.2, 0) is 11.2 Å². The van der Waals surface area contributed by atoms with Crippen LogP contribution in [0.15, 0.2) is 24.3 Å². The molecule has 1 rings (SSSR count). The molecule has 100 valence electrons. The van der Waals surface area contributed by atoms with Crippen LogP contribution in [-0.4, -0.2) is 40.5 Å². The van der Waals surface area contributed by atoms with Gasteiger partial charge in [0, 0.05) is 20.1 Å². The molecule has 5 heteroatoms. The number of aliphatic hydroxyl groups excluding tert-OH is 3. The van der Waals surface area contributed by atoms with Crippen LogP contribution in [0.25, 0.3) is 0 Å². The van der Waals surface area contributed by atoms with Gasteiger partial charge in [-0.1, -0.05) is 24.3 Å². The molecular formula is C13H19NO4. The highest BCUT2D eigenvalue weighted by atomic mass is 16.3. The predicted molar refractivity (Wildman–Crippen MR) is 66.9 cm³/mol. The van der Waals surface area contributed by atoms with Crippen LogP contribution < -0.4 is 5.32 Å². The number of benzene rings is 1. The van der Waals surface area contributed by atoms with Crippen molar-refractivity contribution in [1.29, 1.82) is 0 Å². The number of hydrogen-bond donors (Lipinski definition) is 4. The van der Waals surface area contributed by atoms with Crippen LogP contribution >= 0.6 is 0 Å². The van der Waals surface area contributed by atoms with Crippen molar-refractivity contribution < 1.29 is 20.1 Å². The highest BCUT2D eigenvalue weighted by Gasteiger charge is 2.18. The van der Waals surface area contributed by atoms with Gasteiger partial charge in [0.15, 0.2) is 0 Å². The zero-order valence-corrected chi connectivity index (χ0v) is 10.3. The summed E-state index contributed by atoms with van der Waals surface area (Å²) >= 11 is 0. The first-order chi connectivity index (χ1) is 8.54. The van der Waals surface area contributed by atoms with Crippen molar-refractivity contribution in [2.75, 3.05) is 13.2 Å². The standard InChI is InChI=1S/C13H19NO4/c1-9(16)14-8-12(17)13(18)11-4-2-10(3-5-11)6-7-15/h2-5,12-13,15,17-18H,6-8H2,1H3,(H,14,16). The van der Waals surface area contributed by atoms with Gasteiger partial charge in [-0.05, 0) is 17.5 Å². The molecule has 2 atom stereocenters. The molecule has 4 N–H and O–H groups in total. The van der Waals surface area contributed by atoms with E-state index in [0.717, 1.165) is 5.56 Å². The lowest BCUT2D eigenvalue weighted by molar-refractivity contribution is -0.119. The number of carbonyl (C=O) groups is 1. The van der Waals surface area contributed by atoms with Crippen molar-refractivity contribution in [1.82, 2.24) is 5.32 Å². The zero-order chi connectivity index (χ0) is 13.5. The van der Waals surface area contributed by atoms with E-state index in [9.17, 15) is 15.0 Å². The number of amides is 1. The van der Waals surface area contributed by atoms with Crippen molar-refractivity contribution in [3.8, 4) is 0 Å². The zero-order valence-electron chi connectivity index (χ0n) is 10.3. The Kier molecular flexibility index (Phi) is 5.77. The van der Waals surface area contributed by atoms with Gasteiger partial charge in [0.2, 0.25) is 5.91 Å². The van der Waals surface area contributed by atoms with Crippen molar-refractivity contribution in [3.63, 3.8) is 0 Å². The second-order valence-corrected chi connectivity index (χ2v) is 4.16.